The summed E-state index contributed by atoms with van der Waals surface area (Å²) in [7, 11) is 1.95. The predicted molar refractivity (Wildman–Crippen MR) is 89.2 cm³/mol. The zero-order chi connectivity index (χ0) is 15.2. The second-order valence-electron chi connectivity index (χ2n) is 5.76. The molecule has 0 saturated heterocycles. The van der Waals surface area contributed by atoms with Gasteiger partial charge in [-0.05, 0) is 36.6 Å². The van der Waals surface area contributed by atoms with Gasteiger partial charge < -0.3 is 5.32 Å². The van der Waals surface area contributed by atoms with Crippen LogP contribution in [0, 0.1) is 5.92 Å². The third kappa shape index (κ3) is 5.25. The van der Waals surface area contributed by atoms with Crippen LogP contribution in [-0.2, 0) is 19.9 Å². The molecule has 0 amide bonds. The highest BCUT2D eigenvalue weighted by molar-refractivity contribution is 9.10. The summed E-state index contributed by atoms with van der Waals surface area (Å²) in [6.07, 6.45) is 3.61. The van der Waals surface area contributed by atoms with Crippen LogP contribution in [0.1, 0.15) is 25.2 Å². The van der Waals surface area contributed by atoms with Gasteiger partial charge in [0.05, 0.1) is 0 Å². The first kappa shape index (κ1) is 16.2. The lowest BCUT2D eigenvalue weighted by atomic mass is 9.95. The molecule has 21 heavy (non-hydrogen) atoms. The molecule has 0 saturated carbocycles. The fourth-order valence-corrected chi connectivity index (χ4v) is 2.60. The SMILES string of the molecule is CC(C)NCC(Cc1ccc(Br)cc1)Cc1ncnn1C. The molecule has 1 aromatic carbocycles. The van der Waals surface area contributed by atoms with Crippen molar-refractivity contribution >= 4 is 15.9 Å². The fourth-order valence-electron chi connectivity index (χ4n) is 2.34. The number of aromatic nitrogens is 3. The molecule has 1 atom stereocenters. The summed E-state index contributed by atoms with van der Waals surface area (Å²) in [5, 5.41) is 7.70. The van der Waals surface area contributed by atoms with Crippen LogP contribution in [0.15, 0.2) is 35.1 Å². The van der Waals surface area contributed by atoms with Crippen LogP contribution in [0.25, 0.3) is 0 Å². The standard InChI is InChI=1S/C16H23BrN4/c1-12(2)18-10-14(9-16-19-11-20-21(16)3)8-13-4-6-15(17)7-5-13/h4-7,11-12,14,18H,8-10H2,1-3H3. The highest BCUT2D eigenvalue weighted by atomic mass is 79.9. The lowest BCUT2D eigenvalue weighted by molar-refractivity contribution is 0.431. The molecule has 4 nitrogen and oxygen atoms in total. The van der Waals surface area contributed by atoms with Crippen LogP contribution in [0.5, 0.6) is 0 Å². The lowest BCUT2D eigenvalue weighted by Gasteiger charge is -2.19. The van der Waals surface area contributed by atoms with Crippen molar-refractivity contribution in [3.05, 3.63) is 46.5 Å². The van der Waals surface area contributed by atoms with E-state index in [0.717, 1.165) is 29.7 Å². The summed E-state index contributed by atoms with van der Waals surface area (Å²) in [4.78, 5) is 4.35. The van der Waals surface area contributed by atoms with Crippen molar-refractivity contribution < 1.29 is 0 Å². The number of hydrogen-bond acceptors (Lipinski definition) is 3. The Balaban J connectivity index is 2.04. The molecular weight excluding hydrogens is 328 g/mol. The van der Waals surface area contributed by atoms with Gasteiger partial charge >= 0.3 is 0 Å². The van der Waals surface area contributed by atoms with Gasteiger partial charge in [-0.2, -0.15) is 5.10 Å². The number of aryl methyl sites for hydroxylation is 1. The monoisotopic (exact) mass is 350 g/mol. The van der Waals surface area contributed by atoms with Crippen molar-refractivity contribution in [3.63, 3.8) is 0 Å². The molecule has 0 radical (unpaired) electrons. The van der Waals surface area contributed by atoms with Crippen LogP contribution in [0.3, 0.4) is 0 Å². The minimum atomic E-state index is 0.497. The molecule has 1 heterocycles. The molecule has 1 unspecified atom stereocenters. The minimum absolute atomic E-state index is 0.497. The normalized spacial score (nSPS) is 12.8. The molecule has 114 valence electrons. The molecule has 0 bridgehead atoms. The zero-order valence-corrected chi connectivity index (χ0v) is 14.5. The summed E-state index contributed by atoms with van der Waals surface area (Å²) in [5.74, 6) is 1.55. The summed E-state index contributed by atoms with van der Waals surface area (Å²) in [6.45, 7) is 5.35. The van der Waals surface area contributed by atoms with E-state index in [1.807, 2.05) is 11.7 Å². The maximum absolute atomic E-state index is 4.35. The molecule has 0 fully saturated rings. The van der Waals surface area contributed by atoms with Crippen LogP contribution in [-0.4, -0.2) is 27.4 Å². The van der Waals surface area contributed by atoms with E-state index in [1.165, 1.54) is 5.56 Å². The predicted octanol–water partition coefficient (Wildman–Crippen LogP) is 2.98. The Morgan fingerprint density at radius 3 is 2.48 bits per heavy atom. The molecule has 1 N–H and O–H groups in total. The van der Waals surface area contributed by atoms with Gasteiger partial charge in [0.25, 0.3) is 0 Å². The van der Waals surface area contributed by atoms with Gasteiger partial charge in [-0.1, -0.05) is 41.9 Å². The van der Waals surface area contributed by atoms with E-state index in [2.05, 4.69) is 69.4 Å². The Bertz CT molecular complexity index is 548. The van der Waals surface area contributed by atoms with Gasteiger partial charge in [0.15, 0.2) is 0 Å². The van der Waals surface area contributed by atoms with E-state index >= 15 is 0 Å². The van der Waals surface area contributed by atoms with Crippen molar-refractivity contribution in [1.82, 2.24) is 20.1 Å². The zero-order valence-electron chi connectivity index (χ0n) is 12.9. The van der Waals surface area contributed by atoms with Gasteiger partial charge in [-0.25, -0.2) is 4.98 Å². The summed E-state index contributed by atoms with van der Waals surface area (Å²) in [6, 6.07) is 9.07. The van der Waals surface area contributed by atoms with E-state index < -0.39 is 0 Å². The summed E-state index contributed by atoms with van der Waals surface area (Å²) >= 11 is 3.49. The largest absolute Gasteiger partial charge is 0.314 e. The second-order valence-corrected chi connectivity index (χ2v) is 6.68. The number of hydrogen-bond donors (Lipinski definition) is 1. The number of nitrogens with one attached hydrogen (secondary N) is 1. The molecule has 2 aromatic rings. The lowest BCUT2D eigenvalue weighted by Crippen LogP contribution is -2.31. The molecule has 0 aliphatic heterocycles. The van der Waals surface area contributed by atoms with Crippen molar-refractivity contribution in [3.8, 4) is 0 Å². The average Bonchev–Trinajstić information content (AvgIpc) is 2.84. The number of nitrogens with zero attached hydrogens (tertiary/aromatic N) is 3. The van der Waals surface area contributed by atoms with Crippen molar-refractivity contribution in [2.24, 2.45) is 13.0 Å². The van der Waals surface area contributed by atoms with Gasteiger partial charge in [-0.3, -0.25) is 4.68 Å². The number of rotatable bonds is 7. The van der Waals surface area contributed by atoms with Crippen molar-refractivity contribution in [2.75, 3.05) is 6.54 Å². The first-order valence-corrected chi connectivity index (χ1v) is 8.14. The number of halogens is 1. The van der Waals surface area contributed by atoms with E-state index in [9.17, 15) is 0 Å². The van der Waals surface area contributed by atoms with Crippen LogP contribution in [0.4, 0.5) is 0 Å². The van der Waals surface area contributed by atoms with Gasteiger partial charge in [0, 0.05) is 24.0 Å². The van der Waals surface area contributed by atoms with Gasteiger partial charge in [0.2, 0.25) is 0 Å². The van der Waals surface area contributed by atoms with Crippen LogP contribution < -0.4 is 5.32 Å². The minimum Gasteiger partial charge on any atom is -0.314 e. The second kappa shape index (κ2) is 7.71. The van der Waals surface area contributed by atoms with E-state index in [-0.39, 0.29) is 0 Å². The summed E-state index contributed by atoms with van der Waals surface area (Å²) < 4.78 is 2.99. The summed E-state index contributed by atoms with van der Waals surface area (Å²) in [5.41, 5.74) is 1.36. The Kier molecular flexibility index (Phi) is 5.94. The van der Waals surface area contributed by atoms with Crippen LogP contribution in [0.2, 0.25) is 0 Å². The fraction of sp³-hybridized carbons (Fsp3) is 0.500. The molecule has 1 aromatic heterocycles. The van der Waals surface area contributed by atoms with Gasteiger partial charge in [0.1, 0.15) is 12.2 Å². The average molecular weight is 351 g/mol. The molecule has 0 aliphatic rings. The highest BCUT2D eigenvalue weighted by Gasteiger charge is 2.14. The quantitative estimate of drug-likeness (QED) is 0.834. The van der Waals surface area contributed by atoms with E-state index in [4.69, 9.17) is 0 Å². The third-order valence-electron chi connectivity index (χ3n) is 3.53. The van der Waals surface area contributed by atoms with E-state index in [1.54, 1.807) is 6.33 Å². The van der Waals surface area contributed by atoms with Crippen molar-refractivity contribution in [2.45, 2.75) is 32.7 Å². The van der Waals surface area contributed by atoms with E-state index in [0.29, 0.717) is 12.0 Å². The van der Waals surface area contributed by atoms with Gasteiger partial charge in [-0.15, -0.1) is 0 Å². The maximum atomic E-state index is 4.35. The Hall–Kier alpha value is -1.20. The Morgan fingerprint density at radius 1 is 1.19 bits per heavy atom. The molecule has 0 spiro atoms. The molecule has 5 heteroatoms. The molecule has 0 aliphatic carbocycles. The molecule has 2 rings (SSSR count). The van der Waals surface area contributed by atoms with Crippen molar-refractivity contribution in [1.29, 1.82) is 0 Å². The number of benzene rings is 1. The topological polar surface area (TPSA) is 42.7 Å². The Labute approximate surface area is 135 Å². The maximum Gasteiger partial charge on any atom is 0.138 e. The third-order valence-corrected chi connectivity index (χ3v) is 4.06. The molecular formula is C16H23BrN4. The first-order valence-electron chi connectivity index (χ1n) is 7.35. The Morgan fingerprint density at radius 2 is 1.90 bits per heavy atom. The first-order chi connectivity index (χ1) is 10.0. The van der Waals surface area contributed by atoms with Crippen LogP contribution >= 0.6 is 15.9 Å². The highest BCUT2D eigenvalue weighted by Crippen LogP contribution is 2.16. The smallest absolute Gasteiger partial charge is 0.138 e.